The molecule has 1 unspecified atom stereocenters. The molecule has 0 spiro atoms. The normalized spacial score (nSPS) is 23.2. The van der Waals surface area contributed by atoms with Crippen LogP contribution in [0.4, 0.5) is 4.39 Å². The van der Waals surface area contributed by atoms with Crippen LogP contribution >= 0.6 is 15.9 Å². The van der Waals surface area contributed by atoms with Gasteiger partial charge in [0.05, 0.1) is 9.89 Å². The van der Waals surface area contributed by atoms with Gasteiger partial charge in [-0.1, -0.05) is 25.5 Å². The number of benzene rings is 1. The van der Waals surface area contributed by atoms with Crippen molar-refractivity contribution in [3.63, 3.8) is 0 Å². The van der Waals surface area contributed by atoms with Crippen molar-refractivity contribution in [1.82, 2.24) is 4.90 Å². The van der Waals surface area contributed by atoms with E-state index in [-0.39, 0.29) is 5.82 Å². The van der Waals surface area contributed by atoms with Gasteiger partial charge in [-0.3, -0.25) is 9.69 Å². The Hall–Kier alpha value is -0.940. The Morgan fingerprint density at radius 3 is 2.95 bits per heavy atom. The molecule has 2 rings (SSSR count). The zero-order chi connectivity index (χ0) is 15.5. The lowest BCUT2D eigenvalue weighted by Crippen LogP contribution is -2.47. The smallest absolute Gasteiger partial charge is 0.310 e. The van der Waals surface area contributed by atoms with Crippen LogP contribution in [0.1, 0.15) is 38.2 Å². The number of carboxylic acid groups (broad SMARTS) is 1. The molecule has 3 nitrogen and oxygen atoms in total. The Bertz CT molecular complexity index is 519. The van der Waals surface area contributed by atoms with Crippen LogP contribution < -0.4 is 0 Å². The highest BCUT2D eigenvalue weighted by Crippen LogP contribution is 2.36. The van der Waals surface area contributed by atoms with Crippen molar-refractivity contribution in [2.45, 2.75) is 39.2 Å². The molecule has 21 heavy (non-hydrogen) atoms. The molecule has 1 fully saturated rings. The number of nitrogens with zero attached hydrogens (tertiary/aromatic N) is 1. The van der Waals surface area contributed by atoms with Gasteiger partial charge in [0.15, 0.2) is 0 Å². The molecule has 0 aromatic heterocycles. The number of hydrogen-bond acceptors (Lipinski definition) is 2. The maximum atomic E-state index is 13.6. The third kappa shape index (κ3) is 3.64. The molecule has 0 radical (unpaired) electrons. The lowest BCUT2D eigenvalue weighted by molar-refractivity contribution is -0.153. The molecule has 5 heteroatoms. The lowest BCUT2D eigenvalue weighted by Gasteiger charge is -2.40. The fourth-order valence-electron chi connectivity index (χ4n) is 3.24. The van der Waals surface area contributed by atoms with Crippen molar-refractivity contribution in [3.8, 4) is 0 Å². The number of aliphatic carboxylic acids is 1. The first-order valence-corrected chi connectivity index (χ1v) is 8.16. The molecule has 1 heterocycles. The standard InChI is InChI=1S/C16H21BrFNO2/c1-2-7-16(15(20)21)8-4-9-19(11-16)10-12-5-3-6-13(18)14(12)17/h3,5-6H,2,4,7-11H2,1H3,(H,20,21). The van der Waals surface area contributed by atoms with Gasteiger partial charge in [0.2, 0.25) is 0 Å². The largest absolute Gasteiger partial charge is 0.481 e. The molecule has 116 valence electrons. The van der Waals surface area contributed by atoms with Crippen molar-refractivity contribution in [2.24, 2.45) is 5.41 Å². The summed E-state index contributed by atoms with van der Waals surface area (Å²) in [5.41, 5.74) is 0.222. The lowest BCUT2D eigenvalue weighted by atomic mass is 9.76. The zero-order valence-corrected chi connectivity index (χ0v) is 13.8. The van der Waals surface area contributed by atoms with E-state index in [9.17, 15) is 14.3 Å². The van der Waals surface area contributed by atoms with Crippen molar-refractivity contribution in [2.75, 3.05) is 13.1 Å². The van der Waals surface area contributed by atoms with E-state index in [1.54, 1.807) is 6.07 Å². The first kappa shape index (κ1) is 16.4. The fourth-order valence-corrected chi connectivity index (χ4v) is 3.63. The van der Waals surface area contributed by atoms with Crippen molar-refractivity contribution in [1.29, 1.82) is 0 Å². The summed E-state index contributed by atoms with van der Waals surface area (Å²) in [6.45, 7) is 4.00. The van der Waals surface area contributed by atoms with Gasteiger partial charge < -0.3 is 5.11 Å². The molecule has 0 bridgehead atoms. The van der Waals surface area contributed by atoms with Crippen LogP contribution in [0.3, 0.4) is 0 Å². The molecular formula is C16H21BrFNO2. The zero-order valence-electron chi connectivity index (χ0n) is 12.2. The fraction of sp³-hybridized carbons (Fsp3) is 0.562. The summed E-state index contributed by atoms with van der Waals surface area (Å²) in [5, 5.41) is 9.61. The van der Waals surface area contributed by atoms with Gasteiger partial charge >= 0.3 is 5.97 Å². The summed E-state index contributed by atoms with van der Waals surface area (Å²) < 4.78 is 14.1. The molecule has 1 saturated heterocycles. The summed E-state index contributed by atoms with van der Waals surface area (Å²) in [4.78, 5) is 13.8. The van der Waals surface area contributed by atoms with Gasteiger partial charge in [0, 0.05) is 13.1 Å². The summed E-state index contributed by atoms with van der Waals surface area (Å²) in [6.07, 6.45) is 3.17. The quantitative estimate of drug-likeness (QED) is 0.863. The Kier molecular flexibility index (Phi) is 5.38. The Morgan fingerprint density at radius 1 is 1.52 bits per heavy atom. The van der Waals surface area contributed by atoms with Crippen LogP contribution in [0.2, 0.25) is 0 Å². The molecular weight excluding hydrogens is 337 g/mol. The third-order valence-corrected chi connectivity index (χ3v) is 5.15. The molecule has 1 aliphatic rings. The number of likely N-dealkylation sites (tertiary alicyclic amines) is 1. The molecule has 1 N–H and O–H groups in total. The van der Waals surface area contributed by atoms with E-state index < -0.39 is 11.4 Å². The summed E-state index contributed by atoms with van der Waals surface area (Å²) in [7, 11) is 0. The molecule has 1 aliphatic heterocycles. The SMILES string of the molecule is CCCC1(C(=O)O)CCCN(Cc2cccc(F)c2Br)C1. The number of hydrogen-bond donors (Lipinski definition) is 1. The van der Waals surface area contributed by atoms with E-state index in [1.165, 1.54) is 6.07 Å². The topological polar surface area (TPSA) is 40.5 Å². The van der Waals surface area contributed by atoms with Crippen molar-refractivity contribution in [3.05, 3.63) is 34.1 Å². The van der Waals surface area contributed by atoms with E-state index in [0.717, 1.165) is 31.4 Å². The number of rotatable bonds is 5. The maximum absolute atomic E-state index is 13.6. The van der Waals surface area contributed by atoms with Crippen molar-refractivity contribution >= 4 is 21.9 Å². The van der Waals surface area contributed by atoms with E-state index in [0.29, 0.717) is 24.0 Å². The van der Waals surface area contributed by atoms with Crippen LogP contribution in [0.25, 0.3) is 0 Å². The van der Waals surface area contributed by atoms with Gasteiger partial charge in [-0.15, -0.1) is 0 Å². The molecule has 1 atom stereocenters. The Labute approximate surface area is 133 Å². The minimum absolute atomic E-state index is 0.275. The van der Waals surface area contributed by atoms with E-state index >= 15 is 0 Å². The number of halogens is 2. The maximum Gasteiger partial charge on any atom is 0.310 e. The second kappa shape index (κ2) is 6.88. The van der Waals surface area contributed by atoms with E-state index in [4.69, 9.17) is 0 Å². The van der Waals surface area contributed by atoms with Gasteiger partial charge in [-0.05, 0) is 53.4 Å². The van der Waals surface area contributed by atoms with Gasteiger partial charge in [0.1, 0.15) is 5.82 Å². The number of piperidine rings is 1. The van der Waals surface area contributed by atoms with Gasteiger partial charge in [0.25, 0.3) is 0 Å². The minimum atomic E-state index is -0.702. The highest BCUT2D eigenvalue weighted by Gasteiger charge is 2.41. The monoisotopic (exact) mass is 357 g/mol. The van der Waals surface area contributed by atoms with Crippen molar-refractivity contribution < 1.29 is 14.3 Å². The Morgan fingerprint density at radius 2 is 2.29 bits per heavy atom. The molecule has 1 aromatic carbocycles. The molecule has 0 amide bonds. The van der Waals surface area contributed by atoms with E-state index in [1.807, 2.05) is 13.0 Å². The Balaban J connectivity index is 2.14. The van der Waals surface area contributed by atoms with E-state index in [2.05, 4.69) is 20.8 Å². The average Bonchev–Trinajstić information content (AvgIpc) is 2.44. The average molecular weight is 358 g/mol. The first-order chi connectivity index (χ1) is 9.98. The second-order valence-electron chi connectivity index (χ2n) is 5.86. The molecule has 1 aromatic rings. The number of carbonyl (C=O) groups is 1. The molecule has 0 aliphatic carbocycles. The molecule has 0 saturated carbocycles. The predicted molar refractivity (Wildman–Crippen MR) is 83.6 cm³/mol. The van der Waals surface area contributed by atoms with Crippen LogP contribution in [-0.2, 0) is 11.3 Å². The number of carboxylic acids is 1. The van der Waals surface area contributed by atoms with Crippen LogP contribution in [0.15, 0.2) is 22.7 Å². The van der Waals surface area contributed by atoms with Gasteiger partial charge in [-0.2, -0.15) is 0 Å². The van der Waals surface area contributed by atoms with Gasteiger partial charge in [-0.25, -0.2) is 4.39 Å². The minimum Gasteiger partial charge on any atom is -0.481 e. The van der Waals surface area contributed by atoms with Crippen LogP contribution in [-0.4, -0.2) is 29.1 Å². The summed E-state index contributed by atoms with van der Waals surface area (Å²) in [5.74, 6) is -0.977. The first-order valence-electron chi connectivity index (χ1n) is 7.37. The summed E-state index contributed by atoms with van der Waals surface area (Å²) in [6, 6.07) is 4.99. The summed E-state index contributed by atoms with van der Waals surface area (Å²) >= 11 is 3.28. The second-order valence-corrected chi connectivity index (χ2v) is 6.66. The third-order valence-electron chi connectivity index (χ3n) is 4.26. The highest BCUT2D eigenvalue weighted by molar-refractivity contribution is 9.10. The van der Waals surface area contributed by atoms with Crippen LogP contribution in [0.5, 0.6) is 0 Å². The highest BCUT2D eigenvalue weighted by atomic mass is 79.9. The van der Waals surface area contributed by atoms with Crippen LogP contribution in [0, 0.1) is 11.2 Å². The predicted octanol–water partition coefficient (Wildman–Crippen LogP) is 4.06.